The first-order chi connectivity index (χ1) is 24.4. The van der Waals surface area contributed by atoms with Crippen LogP contribution in [-0.2, 0) is 27.1 Å². The Hall–Kier alpha value is -3.80. The molecule has 12 heteroatoms. The van der Waals surface area contributed by atoms with Crippen LogP contribution in [0.3, 0.4) is 0 Å². The van der Waals surface area contributed by atoms with Gasteiger partial charge in [-0.3, -0.25) is 4.79 Å². The zero-order valence-electron chi connectivity index (χ0n) is 31.8. The normalized spacial score (nSPS) is 16.0. The summed E-state index contributed by atoms with van der Waals surface area (Å²) in [5, 5.41) is 3.36. The smallest absolute Gasteiger partial charge is 0.444 e. The van der Waals surface area contributed by atoms with Crippen molar-refractivity contribution in [3.05, 3.63) is 71.8 Å². The molecule has 0 bridgehead atoms. The van der Waals surface area contributed by atoms with Crippen LogP contribution in [0.2, 0.25) is 0 Å². The van der Waals surface area contributed by atoms with Gasteiger partial charge < -0.3 is 29.5 Å². The van der Waals surface area contributed by atoms with E-state index in [2.05, 4.69) is 29.6 Å². The third-order valence-corrected chi connectivity index (χ3v) is 8.86. The molecule has 0 unspecified atom stereocenters. The number of carbonyl (C=O) groups is 3. The van der Waals surface area contributed by atoms with Gasteiger partial charge in [-0.05, 0) is 117 Å². The number of hydrogen-bond acceptors (Lipinski definition) is 6. The summed E-state index contributed by atoms with van der Waals surface area (Å²) < 4.78 is 49.1. The molecule has 0 saturated carbocycles. The van der Waals surface area contributed by atoms with E-state index in [0.29, 0.717) is 31.8 Å². The van der Waals surface area contributed by atoms with E-state index in [0.717, 1.165) is 62.2 Å². The van der Waals surface area contributed by atoms with Gasteiger partial charge in [0.15, 0.2) is 0 Å². The van der Waals surface area contributed by atoms with Crippen molar-refractivity contribution in [2.45, 2.75) is 122 Å². The van der Waals surface area contributed by atoms with Crippen LogP contribution < -0.4 is 5.32 Å². The highest BCUT2D eigenvalue weighted by Gasteiger charge is 2.44. The Morgan fingerprint density at radius 1 is 0.673 bits per heavy atom. The highest BCUT2D eigenvalue weighted by Crippen LogP contribution is 2.25. The molecular formula is C40H59F3N4O5. The summed E-state index contributed by atoms with van der Waals surface area (Å²) in [5.41, 5.74) is 1.37. The maximum atomic E-state index is 12.7. The summed E-state index contributed by atoms with van der Waals surface area (Å²) in [7, 11) is 0. The first kappa shape index (κ1) is 42.6. The van der Waals surface area contributed by atoms with E-state index >= 15 is 0 Å². The topological polar surface area (TPSA) is 91.4 Å². The van der Waals surface area contributed by atoms with Crippen molar-refractivity contribution >= 4 is 18.1 Å². The van der Waals surface area contributed by atoms with E-state index in [1.54, 1.807) is 25.7 Å². The molecule has 9 nitrogen and oxygen atoms in total. The Balaban J connectivity index is 0.000000288. The number of benzene rings is 2. The second-order valence-corrected chi connectivity index (χ2v) is 15.5. The number of nitrogens with zero attached hydrogens (tertiary/aromatic N) is 3. The minimum Gasteiger partial charge on any atom is -0.444 e. The van der Waals surface area contributed by atoms with Gasteiger partial charge in [-0.1, -0.05) is 60.7 Å². The monoisotopic (exact) mass is 732 g/mol. The molecule has 52 heavy (non-hydrogen) atoms. The summed E-state index contributed by atoms with van der Waals surface area (Å²) in [4.78, 5) is 41.1. The summed E-state index contributed by atoms with van der Waals surface area (Å²) in [6.07, 6.45) is 0.555. The van der Waals surface area contributed by atoms with Crippen LogP contribution >= 0.6 is 0 Å². The van der Waals surface area contributed by atoms with Crippen LogP contribution in [0.4, 0.5) is 22.8 Å². The van der Waals surface area contributed by atoms with Crippen LogP contribution in [0.25, 0.3) is 0 Å². The van der Waals surface area contributed by atoms with Gasteiger partial charge in [0.2, 0.25) is 0 Å². The Kier molecular flexibility index (Phi) is 16.3. The summed E-state index contributed by atoms with van der Waals surface area (Å²) >= 11 is 0. The molecule has 0 aromatic heterocycles. The SMILES string of the molecule is CC(C)(C)OC(=O)N(CCCc1ccccc1)C1CCN(C(=O)C(F)(F)F)CC1.CC(C)(C)OC(=O)N(CCCc1ccccc1)C1CCNCC1. The number of rotatable bonds is 10. The van der Waals surface area contributed by atoms with Gasteiger partial charge in [0.25, 0.3) is 0 Å². The van der Waals surface area contributed by atoms with Crippen LogP contribution in [-0.4, -0.2) is 102 Å². The number of halogens is 3. The van der Waals surface area contributed by atoms with Gasteiger partial charge in [-0.2, -0.15) is 13.2 Å². The number of hydrogen-bond donors (Lipinski definition) is 1. The molecule has 2 saturated heterocycles. The third kappa shape index (κ3) is 15.4. The fraction of sp³-hybridized carbons (Fsp3) is 0.625. The minimum absolute atomic E-state index is 0.0268. The summed E-state index contributed by atoms with van der Waals surface area (Å²) in [6, 6.07) is 20.4. The number of likely N-dealkylation sites (tertiary alicyclic amines) is 1. The first-order valence-corrected chi connectivity index (χ1v) is 18.6. The number of amides is 3. The molecule has 0 radical (unpaired) electrons. The Morgan fingerprint density at radius 2 is 1.06 bits per heavy atom. The Morgan fingerprint density at radius 3 is 1.42 bits per heavy atom. The molecular weight excluding hydrogens is 673 g/mol. The number of aryl methyl sites for hydroxylation is 2. The minimum atomic E-state index is -4.87. The molecule has 2 aliphatic rings. The lowest BCUT2D eigenvalue weighted by Crippen LogP contribution is -2.52. The number of nitrogens with one attached hydrogen (secondary N) is 1. The van der Waals surface area contributed by atoms with Crippen molar-refractivity contribution in [3.63, 3.8) is 0 Å². The number of carbonyl (C=O) groups excluding carboxylic acids is 3. The van der Waals surface area contributed by atoms with E-state index in [-0.39, 0.29) is 25.2 Å². The van der Waals surface area contributed by atoms with E-state index < -0.39 is 29.4 Å². The second kappa shape index (κ2) is 19.9. The number of ether oxygens (including phenoxy) is 2. The maximum absolute atomic E-state index is 12.7. The fourth-order valence-electron chi connectivity index (χ4n) is 6.36. The molecule has 2 aromatic carbocycles. The van der Waals surface area contributed by atoms with Crippen LogP contribution in [0.5, 0.6) is 0 Å². The molecule has 1 N–H and O–H groups in total. The highest BCUT2D eigenvalue weighted by atomic mass is 19.4. The van der Waals surface area contributed by atoms with Gasteiger partial charge in [-0.15, -0.1) is 0 Å². The lowest BCUT2D eigenvalue weighted by molar-refractivity contribution is -0.186. The number of piperidine rings is 2. The van der Waals surface area contributed by atoms with Crippen LogP contribution in [0.15, 0.2) is 60.7 Å². The zero-order chi connectivity index (χ0) is 38.4. The molecule has 2 aliphatic heterocycles. The molecule has 0 atom stereocenters. The van der Waals surface area contributed by atoms with Gasteiger partial charge in [0, 0.05) is 38.3 Å². The quantitative estimate of drug-likeness (QED) is 0.266. The largest absolute Gasteiger partial charge is 0.471 e. The average molecular weight is 733 g/mol. The van der Waals surface area contributed by atoms with Crippen molar-refractivity contribution < 1.29 is 37.0 Å². The summed E-state index contributed by atoms with van der Waals surface area (Å²) in [6.45, 7) is 14.2. The predicted molar refractivity (Wildman–Crippen MR) is 197 cm³/mol. The number of alkyl halides is 3. The average Bonchev–Trinajstić information content (AvgIpc) is 3.08. The van der Waals surface area contributed by atoms with Crippen molar-refractivity contribution in [2.24, 2.45) is 0 Å². The second-order valence-electron chi connectivity index (χ2n) is 15.5. The summed E-state index contributed by atoms with van der Waals surface area (Å²) in [5.74, 6) is -1.82. The van der Waals surface area contributed by atoms with Crippen molar-refractivity contribution in [1.29, 1.82) is 0 Å². The van der Waals surface area contributed by atoms with E-state index in [4.69, 9.17) is 9.47 Å². The molecule has 0 aliphatic carbocycles. The van der Waals surface area contributed by atoms with Crippen LogP contribution in [0.1, 0.15) is 91.2 Å². The van der Waals surface area contributed by atoms with E-state index in [1.165, 1.54) is 5.56 Å². The van der Waals surface area contributed by atoms with E-state index in [1.807, 2.05) is 62.1 Å². The van der Waals surface area contributed by atoms with Gasteiger partial charge in [0.1, 0.15) is 11.2 Å². The van der Waals surface area contributed by atoms with Crippen LogP contribution in [0, 0.1) is 0 Å². The third-order valence-electron chi connectivity index (χ3n) is 8.86. The van der Waals surface area contributed by atoms with Crippen molar-refractivity contribution in [1.82, 2.24) is 20.0 Å². The lowest BCUT2D eigenvalue weighted by Gasteiger charge is -2.39. The van der Waals surface area contributed by atoms with Gasteiger partial charge in [0.05, 0.1) is 0 Å². The molecule has 0 spiro atoms. The molecule has 3 amide bonds. The molecule has 290 valence electrons. The Labute approximate surface area is 308 Å². The molecule has 2 aromatic rings. The zero-order valence-corrected chi connectivity index (χ0v) is 31.8. The van der Waals surface area contributed by atoms with Gasteiger partial charge >= 0.3 is 24.3 Å². The van der Waals surface area contributed by atoms with E-state index in [9.17, 15) is 27.6 Å². The maximum Gasteiger partial charge on any atom is 0.471 e. The standard InChI is InChI=1S/C21H29F3N2O3.C19H30N2O2/c1-20(2,3)29-19(28)26(13-7-10-16-8-5-4-6-9-16)17-11-14-25(15-12-17)18(27)21(22,23)24;1-19(2,3)23-18(22)21(17-11-13-20-14-12-17)15-7-10-16-8-5-4-6-9-16/h4-6,8-9,17H,7,10-15H2,1-3H3;4-6,8-9,17,20H,7,10-15H2,1-3H3. The van der Waals surface area contributed by atoms with Crippen molar-refractivity contribution in [3.8, 4) is 0 Å². The van der Waals surface area contributed by atoms with Crippen molar-refractivity contribution in [2.75, 3.05) is 39.3 Å². The predicted octanol–water partition coefficient (Wildman–Crippen LogP) is 8.02. The fourth-order valence-corrected chi connectivity index (χ4v) is 6.36. The molecule has 4 rings (SSSR count). The Bertz CT molecular complexity index is 1370. The van der Waals surface area contributed by atoms with Gasteiger partial charge in [-0.25, -0.2) is 9.59 Å². The first-order valence-electron chi connectivity index (χ1n) is 18.6. The molecule has 2 heterocycles. The highest BCUT2D eigenvalue weighted by molar-refractivity contribution is 5.82. The molecule has 2 fully saturated rings. The lowest BCUT2D eigenvalue weighted by atomic mass is 10.0.